The zero-order valence-corrected chi connectivity index (χ0v) is 21.4. The van der Waals surface area contributed by atoms with Gasteiger partial charge in [-0.05, 0) is 44.3 Å². The van der Waals surface area contributed by atoms with Crippen molar-refractivity contribution in [3.63, 3.8) is 0 Å². The quantitative estimate of drug-likeness (QED) is 0.420. The van der Waals surface area contributed by atoms with Crippen LogP contribution >= 0.6 is 11.3 Å². The Morgan fingerprint density at radius 1 is 1.03 bits per heavy atom. The third-order valence-electron chi connectivity index (χ3n) is 5.37. The predicted octanol–water partition coefficient (Wildman–Crippen LogP) is 2.00. The minimum absolute atomic E-state index is 0.00541. The molecule has 0 saturated carbocycles. The number of nitrogens with one attached hydrogen (secondary N) is 3. The van der Waals surface area contributed by atoms with Crippen molar-refractivity contribution < 1.29 is 18.0 Å². The van der Waals surface area contributed by atoms with Crippen LogP contribution in [0.3, 0.4) is 0 Å². The first-order valence-electron chi connectivity index (χ1n) is 11.1. The van der Waals surface area contributed by atoms with E-state index in [9.17, 15) is 18.0 Å². The molecule has 0 atom stereocenters. The molecule has 190 valence electrons. The molecule has 36 heavy (non-hydrogen) atoms. The van der Waals surface area contributed by atoms with E-state index in [1.165, 1.54) is 41.8 Å². The number of thiazole rings is 1. The van der Waals surface area contributed by atoms with Crippen LogP contribution in [0.4, 0.5) is 21.6 Å². The van der Waals surface area contributed by atoms with Crippen LogP contribution in [0, 0.1) is 6.92 Å². The Morgan fingerprint density at radius 2 is 1.75 bits per heavy atom. The Bertz CT molecular complexity index is 1340. The molecule has 2 aromatic heterocycles. The van der Waals surface area contributed by atoms with Gasteiger partial charge in [0.05, 0.1) is 17.0 Å². The molecule has 3 aromatic rings. The Balaban J connectivity index is 1.29. The molecule has 14 heteroatoms. The number of hydrogen-bond donors (Lipinski definition) is 3. The highest BCUT2D eigenvalue weighted by Crippen LogP contribution is 2.19. The Hall–Kier alpha value is -3.62. The van der Waals surface area contributed by atoms with Crippen molar-refractivity contribution in [3.05, 3.63) is 53.3 Å². The Morgan fingerprint density at radius 3 is 2.44 bits per heavy atom. The molecule has 1 fully saturated rings. The second kappa shape index (κ2) is 11.0. The molecule has 1 aliphatic heterocycles. The molecule has 3 N–H and O–H groups in total. The molecular formula is C22H26N8O4S2. The van der Waals surface area contributed by atoms with Crippen LogP contribution in [0.25, 0.3) is 0 Å². The highest BCUT2D eigenvalue weighted by molar-refractivity contribution is 7.92. The van der Waals surface area contributed by atoms with Crippen molar-refractivity contribution in [2.45, 2.75) is 18.2 Å². The number of nitrogens with zero attached hydrogens (tertiary/aromatic N) is 5. The van der Waals surface area contributed by atoms with E-state index in [0.29, 0.717) is 35.3 Å². The number of anilines is 3. The van der Waals surface area contributed by atoms with Gasteiger partial charge in [0.1, 0.15) is 0 Å². The number of piperazine rings is 1. The lowest BCUT2D eigenvalue weighted by molar-refractivity contribution is -0.115. The van der Waals surface area contributed by atoms with Gasteiger partial charge in [-0.15, -0.1) is 11.3 Å². The van der Waals surface area contributed by atoms with Gasteiger partial charge in [-0.2, -0.15) is 0 Å². The summed E-state index contributed by atoms with van der Waals surface area (Å²) in [5.74, 6) is -0.339. The number of aromatic nitrogens is 3. The molecule has 1 saturated heterocycles. The van der Waals surface area contributed by atoms with Crippen LogP contribution in [-0.2, 0) is 21.2 Å². The fourth-order valence-corrected chi connectivity index (χ4v) is 5.04. The van der Waals surface area contributed by atoms with Crippen molar-refractivity contribution in [3.8, 4) is 0 Å². The van der Waals surface area contributed by atoms with E-state index in [1.807, 2.05) is 7.05 Å². The van der Waals surface area contributed by atoms with E-state index in [-0.39, 0.29) is 29.2 Å². The van der Waals surface area contributed by atoms with E-state index >= 15 is 0 Å². The third-order valence-corrected chi connectivity index (χ3v) is 7.52. The van der Waals surface area contributed by atoms with Gasteiger partial charge < -0.3 is 15.1 Å². The Kier molecular flexibility index (Phi) is 7.76. The minimum atomic E-state index is -3.88. The molecule has 3 amide bonds. The molecule has 0 unspecified atom stereocenters. The summed E-state index contributed by atoms with van der Waals surface area (Å²) < 4.78 is 27.4. The van der Waals surface area contributed by atoms with Gasteiger partial charge in [0.25, 0.3) is 10.0 Å². The topological polar surface area (TPSA) is 150 Å². The Labute approximate surface area is 212 Å². The summed E-state index contributed by atoms with van der Waals surface area (Å²) in [5.41, 5.74) is 1.59. The van der Waals surface area contributed by atoms with Crippen molar-refractivity contribution in [1.82, 2.24) is 24.8 Å². The summed E-state index contributed by atoms with van der Waals surface area (Å²) in [6.45, 7) is 4.67. The molecule has 0 spiro atoms. The van der Waals surface area contributed by atoms with Crippen LogP contribution < -0.4 is 15.4 Å². The lowest BCUT2D eigenvalue weighted by Gasteiger charge is -2.32. The zero-order valence-electron chi connectivity index (χ0n) is 19.8. The predicted molar refractivity (Wildman–Crippen MR) is 137 cm³/mol. The van der Waals surface area contributed by atoms with Gasteiger partial charge in [0.15, 0.2) is 5.13 Å². The van der Waals surface area contributed by atoms with Gasteiger partial charge in [-0.25, -0.2) is 32.9 Å². The van der Waals surface area contributed by atoms with Crippen molar-refractivity contribution >= 4 is 50.1 Å². The fourth-order valence-electron chi connectivity index (χ4n) is 3.39. The number of sulfonamides is 1. The number of hydrogen-bond acceptors (Lipinski definition) is 9. The smallest absolute Gasteiger partial charge is 0.323 e. The maximum absolute atomic E-state index is 12.6. The number of benzene rings is 1. The average molecular weight is 531 g/mol. The second-order valence-electron chi connectivity index (χ2n) is 8.24. The lowest BCUT2D eigenvalue weighted by Crippen LogP contribution is -2.48. The highest BCUT2D eigenvalue weighted by Gasteiger charge is 2.20. The average Bonchev–Trinajstić information content (AvgIpc) is 3.26. The number of rotatable bonds is 7. The van der Waals surface area contributed by atoms with E-state index in [1.54, 1.807) is 23.3 Å². The molecule has 4 rings (SSSR count). The zero-order chi connectivity index (χ0) is 25.7. The molecule has 1 aliphatic rings. The molecule has 0 radical (unpaired) electrons. The second-order valence-corrected chi connectivity index (χ2v) is 10.8. The molecular weight excluding hydrogens is 504 g/mol. The minimum Gasteiger partial charge on any atom is -0.326 e. The number of likely N-dealkylation sites (N-methyl/N-ethyl adjacent to an activating group) is 1. The first kappa shape index (κ1) is 25.5. The van der Waals surface area contributed by atoms with Gasteiger partial charge >= 0.3 is 6.03 Å². The maximum atomic E-state index is 12.6. The molecule has 3 heterocycles. The normalized spacial score (nSPS) is 14.3. The molecule has 0 aliphatic carbocycles. The van der Waals surface area contributed by atoms with Gasteiger partial charge in [0.2, 0.25) is 11.9 Å². The highest BCUT2D eigenvalue weighted by atomic mass is 32.2. The van der Waals surface area contributed by atoms with Crippen molar-refractivity contribution in [2.75, 3.05) is 48.6 Å². The standard InChI is InChI=1S/C22H26N8O4S2/c1-15-7-8-23-20(24-15)28-36(33,34)18-5-3-16(4-6-18)25-19(31)13-17-14-35-21(26-17)27-22(32)30-11-9-29(2)10-12-30/h3-8,14H,9-13H2,1-2H3,(H,25,31)(H,23,24,28)(H,26,27,32). The lowest BCUT2D eigenvalue weighted by atomic mass is 10.3. The number of carbonyl (C=O) groups is 2. The van der Waals surface area contributed by atoms with Gasteiger partial charge in [-0.1, -0.05) is 0 Å². The fraction of sp³-hybridized carbons (Fsp3) is 0.318. The van der Waals surface area contributed by atoms with E-state index in [2.05, 4.69) is 35.2 Å². The maximum Gasteiger partial charge on any atom is 0.323 e. The summed E-state index contributed by atoms with van der Waals surface area (Å²) in [6.07, 6.45) is 1.47. The van der Waals surface area contributed by atoms with E-state index in [4.69, 9.17) is 0 Å². The van der Waals surface area contributed by atoms with Crippen LogP contribution in [0.2, 0.25) is 0 Å². The van der Waals surface area contributed by atoms with Crippen LogP contribution in [0.1, 0.15) is 11.4 Å². The number of amides is 3. The first-order chi connectivity index (χ1) is 17.2. The van der Waals surface area contributed by atoms with Gasteiger partial charge in [0, 0.05) is 49.1 Å². The van der Waals surface area contributed by atoms with Crippen LogP contribution in [-0.4, -0.2) is 78.3 Å². The first-order valence-corrected chi connectivity index (χ1v) is 13.5. The monoisotopic (exact) mass is 530 g/mol. The summed E-state index contributed by atoms with van der Waals surface area (Å²) >= 11 is 1.25. The van der Waals surface area contributed by atoms with Crippen molar-refractivity contribution in [1.29, 1.82) is 0 Å². The summed E-state index contributed by atoms with van der Waals surface area (Å²) in [5, 5.41) is 7.65. The van der Waals surface area contributed by atoms with E-state index in [0.717, 1.165) is 13.1 Å². The SMILES string of the molecule is Cc1ccnc(NS(=O)(=O)c2ccc(NC(=O)Cc3csc(NC(=O)N4CCN(C)CC4)n3)cc2)n1. The molecule has 1 aromatic carbocycles. The number of aryl methyl sites for hydroxylation is 1. The van der Waals surface area contributed by atoms with Crippen LogP contribution in [0.15, 0.2) is 46.8 Å². The molecule has 0 bridgehead atoms. The van der Waals surface area contributed by atoms with E-state index < -0.39 is 10.0 Å². The molecule has 12 nitrogen and oxygen atoms in total. The van der Waals surface area contributed by atoms with Crippen LogP contribution in [0.5, 0.6) is 0 Å². The van der Waals surface area contributed by atoms with Crippen molar-refractivity contribution in [2.24, 2.45) is 0 Å². The number of urea groups is 1. The summed E-state index contributed by atoms with van der Waals surface area (Å²) in [6, 6.07) is 7.20. The summed E-state index contributed by atoms with van der Waals surface area (Å²) in [4.78, 5) is 41.0. The summed E-state index contributed by atoms with van der Waals surface area (Å²) in [7, 11) is -1.86. The number of carbonyl (C=O) groups excluding carboxylic acids is 2. The third kappa shape index (κ3) is 6.74. The largest absolute Gasteiger partial charge is 0.326 e. The van der Waals surface area contributed by atoms with Gasteiger partial charge in [-0.3, -0.25) is 10.1 Å².